The van der Waals surface area contributed by atoms with Gasteiger partial charge in [-0.15, -0.1) is 0 Å². The zero-order chi connectivity index (χ0) is 34.4. The van der Waals surface area contributed by atoms with Crippen LogP contribution in [0.4, 0.5) is 0 Å². The number of carbonyl (C=O) groups is 3. The second-order valence-corrected chi connectivity index (χ2v) is 14.8. The Morgan fingerprint density at radius 2 is 1.81 bits per heavy atom. The Kier molecular flexibility index (Phi) is 7.57. The maximum atomic E-state index is 14.7. The van der Waals surface area contributed by atoms with E-state index in [0.29, 0.717) is 48.1 Å². The first-order valence-corrected chi connectivity index (χ1v) is 16.3. The van der Waals surface area contributed by atoms with E-state index in [0.717, 1.165) is 5.57 Å². The van der Waals surface area contributed by atoms with Gasteiger partial charge in [0, 0.05) is 35.0 Å². The Balaban J connectivity index is 1.57. The zero-order valence-electron chi connectivity index (χ0n) is 28.2. The van der Waals surface area contributed by atoms with Gasteiger partial charge in [-0.2, -0.15) is 0 Å². The molecular weight excluding hydrogens is 600 g/mol. The molecular formula is C38H44O9. The molecule has 1 saturated carbocycles. The number of Topliss-reactive ketones (excluding diaryl/α,β-unsaturated/α-hetero) is 2. The zero-order valence-corrected chi connectivity index (χ0v) is 28.2. The second-order valence-electron chi connectivity index (χ2n) is 14.8. The number of aliphatic carboxylic acids is 1. The fourth-order valence-electron chi connectivity index (χ4n) is 8.19. The molecule has 3 N–H and O–H groups in total. The van der Waals surface area contributed by atoms with Crippen molar-refractivity contribution in [1.82, 2.24) is 0 Å². The molecule has 9 nitrogen and oxygen atoms in total. The molecule has 4 bridgehead atoms. The van der Waals surface area contributed by atoms with Gasteiger partial charge >= 0.3 is 5.97 Å². The van der Waals surface area contributed by atoms with Gasteiger partial charge in [0.05, 0.1) is 17.3 Å². The Morgan fingerprint density at radius 3 is 2.45 bits per heavy atom. The smallest absolute Gasteiger partial charge is 0.330 e. The third-order valence-electron chi connectivity index (χ3n) is 10.8. The van der Waals surface area contributed by atoms with Crippen molar-refractivity contribution in [3.05, 3.63) is 69.9 Å². The van der Waals surface area contributed by atoms with E-state index in [9.17, 15) is 29.7 Å². The van der Waals surface area contributed by atoms with Crippen molar-refractivity contribution >= 4 is 23.6 Å². The lowest BCUT2D eigenvalue weighted by molar-refractivity contribution is -0.171. The highest BCUT2D eigenvalue weighted by atomic mass is 16.6. The van der Waals surface area contributed by atoms with Gasteiger partial charge in [0.2, 0.25) is 0 Å². The summed E-state index contributed by atoms with van der Waals surface area (Å²) in [4.78, 5) is 40.8. The molecule has 0 aromatic heterocycles. The standard InChI is InChI=1S/C38H44O9/c1-19(2)9-10-24-31-23(12-14-36(8,45-31)15-13-26(39)20(3)4)29(40)28-30(41)25-17-22-18-27-35(6,7)47-37(33(22)42,16-11-21(5)34(43)44)38(25,27)46-32(24)28/h9,11-12,14,17,22,26-27,39-40H,3,10,13,15-16,18H2,1-2,4-8H3,(H,43,44)/b21-11+/t22-,26?,27?,36+,37?,38?/m1/s1. The Morgan fingerprint density at radius 1 is 1.11 bits per heavy atom. The normalized spacial score (nSPS) is 31.6. The van der Waals surface area contributed by atoms with Gasteiger partial charge in [-0.25, -0.2) is 4.79 Å². The predicted molar refractivity (Wildman–Crippen MR) is 176 cm³/mol. The molecule has 1 spiro atoms. The van der Waals surface area contributed by atoms with Crippen molar-refractivity contribution in [3.63, 3.8) is 0 Å². The molecule has 6 atom stereocenters. The number of aromatic hydroxyl groups is 1. The summed E-state index contributed by atoms with van der Waals surface area (Å²) in [5, 5.41) is 31.9. The van der Waals surface area contributed by atoms with Crippen LogP contribution in [0.25, 0.3) is 6.08 Å². The molecule has 1 saturated heterocycles. The summed E-state index contributed by atoms with van der Waals surface area (Å²) in [5.74, 6) is -2.60. The monoisotopic (exact) mass is 644 g/mol. The van der Waals surface area contributed by atoms with Crippen LogP contribution in [0.15, 0.2) is 53.2 Å². The minimum atomic E-state index is -1.66. The molecule has 4 unspecified atom stereocenters. The van der Waals surface area contributed by atoms with Gasteiger partial charge in [0.25, 0.3) is 0 Å². The molecule has 47 heavy (non-hydrogen) atoms. The summed E-state index contributed by atoms with van der Waals surface area (Å²) in [5.41, 5.74) is -2.06. The number of carbonyl (C=O) groups excluding carboxylic acids is 2. The van der Waals surface area contributed by atoms with Crippen LogP contribution >= 0.6 is 0 Å². The van der Waals surface area contributed by atoms with Crippen molar-refractivity contribution in [3.8, 4) is 17.2 Å². The molecule has 250 valence electrons. The number of rotatable bonds is 9. The number of carboxylic acids is 1. The average molecular weight is 645 g/mol. The van der Waals surface area contributed by atoms with Crippen LogP contribution in [-0.2, 0) is 20.7 Å². The van der Waals surface area contributed by atoms with E-state index in [4.69, 9.17) is 14.2 Å². The molecule has 3 aliphatic carbocycles. The van der Waals surface area contributed by atoms with Crippen LogP contribution in [0.2, 0.25) is 0 Å². The van der Waals surface area contributed by atoms with Gasteiger partial charge in [0.15, 0.2) is 22.8 Å². The summed E-state index contributed by atoms with van der Waals surface area (Å²) in [6.45, 7) is 16.6. The number of carboxylic acid groups (broad SMARTS) is 1. The van der Waals surface area contributed by atoms with Gasteiger partial charge < -0.3 is 29.5 Å². The SMILES string of the molecule is C=C(C)C(O)CC[C@]1(C)C=Cc2c(O)c3c(c(CC=C(C)C)c2O1)OC12C(=C[C@@H]4CC1C(C)(C)OC2(C/C=C(\C)C(=O)O)C4=O)C3=O. The van der Waals surface area contributed by atoms with Crippen LogP contribution in [0.5, 0.6) is 17.2 Å². The number of allylic oxidation sites excluding steroid dienone is 3. The van der Waals surface area contributed by atoms with Crippen molar-refractivity contribution < 1.29 is 43.9 Å². The Labute approximate surface area is 275 Å². The summed E-state index contributed by atoms with van der Waals surface area (Å²) in [6, 6.07) is 0. The van der Waals surface area contributed by atoms with Crippen molar-refractivity contribution in [2.75, 3.05) is 0 Å². The lowest BCUT2D eigenvalue weighted by Crippen LogP contribution is -2.72. The molecule has 9 heteroatoms. The fraction of sp³-hybridized carbons (Fsp3) is 0.500. The van der Waals surface area contributed by atoms with Crippen LogP contribution in [-0.4, -0.2) is 61.4 Å². The molecule has 1 aromatic rings. The molecule has 6 aliphatic rings. The van der Waals surface area contributed by atoms with Crippen molar-refractivity contribution in [1.29, 1.82) is 0 Å². The van der Waals surface area contributed by atoms with E-state index in [1.807, 2.05) is 46.8 Å². The largest absolute Gasteiger partial charge is 0.506 e. The first-order chi connectivity index (χ1) is 21.9. The lowest BCUT2D eigenvalue weighted by Gasteiger charge is -2.56. The van der Waals surface area contributed by atoms with Crippen LogP contribution < -0.4 is 9.47 Å². The number of phenols is 1. The molecule has 2 fully saturated rings. The highest BCUT2D eigenvalue weighted by Crippen LogP contribution is 2.68. The minimum Gasteiger partial charge on any atom is -0.506 e. The first-order valence-electron chi connectivity index (χ1n) is 16.3. The predicted octanol–water partition coefficient (Wildman–Crippen LogP) is 6.21. The van der Waals surface area contributed by atoms with Crippen LogP contribution in [0.1, 0.15) is 95.6 Å². The quantitative estimate of drug-likeness (QED) is 0.211. The van der Waals surface area contributed by atoms with Crippen molar-refractivity contribution in [2.24, 2.45) is 11.8 Å². The first kappa shape index (κ1) is 33.0. The number of aliphatic hydroxyl groups is 1. The Hall–Kier alpha value is -3.95. The van der Waals surface area contributed by atoms with Gasteiger partial charge in [-0.1, -0.05) is 36.0 Å². The third-order valence-corrected chi connectivity index (χ3v) is 10.8. The number of benzene rings is 1. The molecule has 0 radical (unpaired) electrons. The average Bonchev–Trinajstić information content (AvgIpc) is 3.15. The minimum absolute atomic E-state index is 0.0111. The molecule has 0 amide bonds. The van der Waals surface area contributed by atoms with E-state index < -0.39 is 52.1 Å². The number of hydrogen-bond donors (Lipinski definition) is 3. The van der Waals surface area contributed by atoms with E-state index >= 15 is 0 Å². The summed E-state index contributed by atoms with van der Waals surface area (Å²) in [6.07, 6.45) is 9.49. The molecule has 1 aromatic carbocycles. The number of fused-ring (bicyclic) bond motifs is 2. The van der Waals surface area contributed by atoms with E-state index in [-0.39, 0.29) is 40.4 Å². The number of phenolic OH excluding ortho intramolecular Hbond substituents is 1. The van der Waals surface area contributed by atoms with E-state index in [1.165, 1.54) is 13.0 Å². The van der Waals surface area contributed by atoms with Crippen LogP contribution in [0, 0.1) is 11.8 Å². The summed E-state index contributed by atoms with van der Waals surface area (Å²) >= 11 is 0. The van der Waals surface area contributed by atoms with Gasteiger partial charge in [-0.05, 0) is 86.3 Å². The maximum Gasteiger partial charge on any atom is 0.330 e. The molecule has 3 aliphatic heterocycles. The maximum absolute atomic E-state index is 14.7. The Bertz CT molecular complexity index is 1750. The number of ether oxygens (including phenoxy) is 3. The summed E-state index contributed by atoms with van der Waals surface area (Å²) < 4.78 is 20.5. The van der Waals surface area contributed by atoms with Gasteiger partial charge in [0.1, 0.15) is 28.4 Å². The van der Waals surface area contributed by atoms with Crippen LogP contribution in [0.3, 0.4) is 0 Å². The third kappa shape index (κ3) is 4.68. The highest BCUT2D eigenvalue weighted by molar-refractivity contribution is 6.19. The van der Waals surface area contributed by atoms with Crippen molar-refractivity contribution in [2.45, 2.75) is 109 Å². The number of hydrogen-bond acceptors (Lipinski definition) is 8. The molecule has 3 heterocycles. The number of ketones is 2. The number of aliphatic hydroxyl groups excluding tert-OH is 1. The van der Waals surface area contributed by atoms with E-state index in [2.05, 4.69) is 6.58 Å². The molecule has 7 rings (SSSR count). The lowest BCUT2D eigenvalue weighted by atomic mass is 9.51. The summed E-state index contributed by atoms with van der Waals surface area (Å²) in [7, 11) is 0. The highest BCUT2D eigenvalue weighted by Gasteiger charge is 2.81. The van der Waals surface area contributed by atoms with E-state index in [1.54, 1.807) is 19.1 Å². The fourth-order valence-corrected chi connectivity index (χ4v) is 8.19. The second kappa shape index (κ2) is 10.8. The topological polar surface area (TPSA) is 140 Å². The van der Waals surface area contributed by atoms with Gasteiger partial charge in [-0.3, -0.25) is 9.59 Å².